The van der Waals surface area contributed by atoms with E-state index in [0.29, 0.717) is 0 Å². The van der Waals surface area contributed by atoms with Gasteiger partial charge in [-0.1, -0.05) is 30.3 Å². The molecule has 122 valence electrons. The van der Waals surface area contributed by atoms with Crippen molar-refractivity contribution in [2.45, 2.75) is 19.4 Å². The molecule has 1 N–H and O–H groups in total. The minimum absolute atomic E-state index is 0.0997. The largest absolute Gasteiger partial charge is 0.480 e. The van der Waals surface area contributed by atoms with Crippen LogP contribution in [0, 0.1) is 0 Å². The molecule has 0 spiro atoms. The number of hydrogen-bond donors (Lipinski definition) is 1. The van der Waals surface area contributed by atoms with Gasteiger partial charge in [-0.25, -0.2) is 9.97 Å². The molecule has 6 heteroatoms. The number of carboxylic acid groups (broad SMARTS) is 1. The van der Waals surface area contributed by atoms with Gasteiger partial charge >= 0.3 is 5.97 Å². The first-order valence-corrected chi connectivity index (χ1v) is 8.10. The minimum Gasteiger partial charge on any atom is -0.480 e. The van der Waals surface area contributed by atoms with Crippen molar-refractivity contribution < 1.29 is 9.90 Å². The number of rotatable bonds is 4. The summed E-state index contributed by atoms with van der Waals surface area (Å²) in [5, 5.41) is 9.29. The van der Waals surface area contributed by atoms with Crippen molar-refractivity contribution in [2.75, 3.05) is 18.0 Å². The average molecular weight is 322 g/mol. The van der Waals surface area contributed by atoms with Gasteiger partial charge < -0.3 is 14.6 Å². The summed E-state index contributed by atoms with van der Waals surface area (Å²) in [6.07, 6.45) is 5.73. The van der Waals surface area contributed by atoms with Gasteiger partial charge in [0.15, 0.2) is 5.82 Å². The first kappa shape index (κ1) is 14.7. The second kappa shape index (κ2) is 5.96. The molecule has 1 aliphatic rings. The maximum absolute atomic E-state index is 11.3. The summed E-state index contributed by atoms with van der Waals surface area (Å²) >= 11 is 0. The summed E-state index contributed by atoms with van der Waals surface area (Å²) in [6.45, 7) is 1.80. The third kappa shape index (κ3) is 2.50. The lowest BCUT2D eigenvalue weighted by molar-refractivity contribution is -0.137. The fourth-order valence-corrected chi connectivity index (χ4v) is 3.37. The summed E-state index contributed by atoms with van der Waals surface area (Å²) < 4.78 is 1.76. The van der Waals surface area contributed by atoms with Gasteiger partial charge in [0.1, 0.15) is 23.9 Å². The van der Waals surface area contributed by atoms with Crippen LogP contribution in [0.5, 0.6) is 0 Å². The lowest BCUT2D eigenvalue weighted by Crippen LogP contribution is -2.20. The van der Waals surface area contributed by atoms with E-state index in [1.165, 1.54) is 0 Å². The Bertz CT molecular complexity index is 883. The normalized spacial score (nSPS) is 14.4. The first-order chi connectivity index (χ1) is 11.7. The van der Waals surface area contributed by atoms with Gasteiger partial charge in [-0.15, -0.1) is 0 Å². The van der Waals surface area contributed by atoms with Crippen molar-refractivity contribution in [3.05, 3.63) is 42.9 Å². The van der Waals surface area contributed by atoms with E-state index in [1.54, 1.807) is 10.9 Å². The molecule has 6 nitrogen and oxygen atoms in total. The number of aromatic nitrogens is 3. The number of anilines is 1. The highest BCUT2D eigenvalue weighted by Gasteiger charge is 2.22. The Kier molecular flexibility index (Phi) is 3.65. The zero-order valence-corrected chi connectivity index (χ0v) is 13.2. The maximum atomic E-state index is 11.3. The summed E-state index contributed by atoms with van der Waals surface area (Å²) in [4.78, 5) is 22.5. The van der Waals surface area contributed by atoms with Gasteiger partial charge in [0.05, 0.1) is 0 Å². The van der Waals surface area contributed by atoms with E-state index in [1.807, 2.05) is 36.5 Å². The van der Waals surface area contributed by atoms with Crippen LogP contribution in [0.3, 0.4) is 0 Å². The fourth-order valence-electron chi connectivity index (χ4n) is 3.37. The van der Waals surface area contributed by atoms with Crippen LogP contribution in [0.25, 0.3) is 22.2 Å². The van der Waals surface area contributed by atoms with Crippen LogP contribution in [0.15, 0.2) is 42.9 Å². The second-order valence-electron chi connectivity index (χ2n) is 6.02. The van der Waals surface area contributed by atoms with Gasteiger partial charge in [0.25, 0.3) is 0 Å². The average Bonchev–Trinajstić information content (AvgIpc) is 3.24. The van der Waals surface area contributed by atoms with Gasteiger partial charge in [0, 0.05) is 24.8 Å². The Morgan fingerprint density at radius 1 is 1.12 bits per heavy atom. The topological polar surface area (TPSA) is 71.2 Å². The third-order valence-electron chi connectivity index (χ3n) is 4.43. The third-order valence-corrected chi connectivity index (χ3v) is 4.43. The van der Waals surface area contributed by atoms with Crippen LogP contribution >= 0.6 is 0 Å². The van der Waals surface area contributed by atoms with E-state index in [0.717, 1.165) is 53.9 Å². The lowest BCUT2D eigenvalue weighted by atomic mass is 10.1. The minimum atomic E-state index is -0.872. The lowest BCUT2D eigenvalue weighted by Gasteiger charge is -2.18. The number of fused-ring (bicyclic) bond motifs is 1. The van der Waals surface area contributed by atoms with Crippen LogP contribution in [0.2, 0.25) is 0 Å². The predicted octanol–water partition coefficient (Wildman–Crippen LogP) is 2.78. The highest BCUT2D eigenvalue weighted by molar-refractivity contribution is 5.99. The molecule has 2 aromatic heterocycles. The number of carboxylic acids is 1. The molecule has 0 aliphatic carbocycles. The smallest absolute Gasteiger partial charge is 0.323 e. The molecule has 1 aliphatic heterocycles. The molecule has 3 heterocycles. The Hall–Kier alpha value is -2.89. The fraction of sp³-hybridized carbons (Fsp3) is 0.278. The molecule has 3 aromatic rings. The van der Waals surface area contributed by atoms with E-state index in [-0.39, 0.29) is 6.54 Å². The molecule has 1 aromatic carbocycles. The molecule has 1 saturated heterocycles. The standard InChI is InChI=1S/C18H18N4O2/c23-15(24)11-22-10-14(13-6-2-1-3-7-13)16-17(22)18(20-12-19-16)21-8-4-5-9-21/h1-3,6-7,10,12H,4-5,8-9,11H2,(H,23,24). The van der Waals surface area contributed by atoms with Crippen LogP contribution in [-0.2, 0) is 11.3 Å². The van der Waals surface area contributed by atoms with Gasteiger partial charge in [-0.2, -0.15) is 0 Å². The van der Waals surface area contributed by atoms with Crippen LogP contribution < -0.4 is 4.90 Å². The Balaban J connectivity index is 1.95. The number of aliphatic carboxylic acids is 1. The molecule has 0 radical (unpaired) electrons. The molecule has 0 bridgehead atoms. The molecule has 1 fully saturated rings. The Labute approximate surface area is 139 Å². The van der Waals surface area contributed by atoms with E-state index >= 15 is 0 Å². The molecule has 0 unspecified atom stereocenters. The Morgan fingerprint density at radius 3 is 2.58 bits per heavy atom. The van der Waals surface area contributed by atoms with E-state index in [9.17, 15) is 9.90 Å². The molecule has 4 rings (SSSR count). The van der Waals surface area contributed by atoms with Crippen molar-refractivity contribution >= 4 is 22.8 Å². The Morgan fingerprint density at radius 2 is 1.88 bits per heavy atom. The van der Waals surface area contributed by atoms with Crippen LogP contribution in [-0.4, -0.2) is 38.7 Å². The predicted molar refractivity (Wildman–Crippen MR) is 92.0 cm³/mol. The summed E-state index contributed by atoms with van der Waals surface area (Å²) in [5.74, 6) is -0.0383. The molecule has 0 atom stereocenters. The maximum Gasteiger partial charge on any atom is 0.323 e. The summed E-state index contributed by atoms with van der Waals surface area (Å²) in [7, 11) is 0. The van der Waals surface area contributed by atoms with Crippen molar-refractivity contribution in [1.82, 2.24) is 14.5 Å². The zero-order chi connectivity index (χ0) is 16.5. The van der Waals surface area contributed by atoms with Crippen LogP contribution in [0.1, 0.15) is 12.8 Å². The summed E-state index contributed by atoms with van der Waals surface area (Å²) in [6, 6.07) is 9.93. The first-order valence-electron chi connectivity index (χ1n) is 8.10. The van der Waals surface area contributed by atoms with Gasteiger partial charge in [0.2, 0.25) is 0 Å². The molecule has 24 heavy (non-hydrogen) atoms. The van der Waals surface area contributed by atoms with Crippen LogP contribution in [0.4, 0.5) is 5.82 Å². The quantitative estimate of drug-likeness (QED) is 0.800. The molecular formula is C18H18N4O2. The van der Waals surface area contributed by atoms with Crippen molar-refractivity contribution in [3.8, 4) is 11.1 Å². The zero-order valence-electron chi connectivity index (χ0n) is 13.2. The van der Waals surface area contributed by atoms with Gasteiger partial charge in [-0.3, -0.25) is 4.79 Å². The highest BCUT2D eigenvalue weighted by atomic mass is 16.4. The number of carbonyl (C=O) groups is 1. The molecular weight excluding hydrogens is 304 g/mol. The number of hydrogen-bond acceptors (Lipinski definition) is 4. The number of benzene rings is 1. The second-order valence-corrected chi connectivity index (χ2v) is 6.02. The summed E-state index contributed by atoms with van der Waals surface area (Å²) in [5.41, 5.74) is 3.58. The SMILES string of the molecule is O=C(O)Cn1cc(-c2ccccc2)c2ncnc(N3CCCC3)c21. The molecule has 0 amide bonds. The van der Waals surface area contributed by atoms with E-state index in [4.69, 9.17) is 0 Å². The monoisotopic (exact) mass is 322 g/mol. The van der Waals surface area contributed by atoms with Crippen molar-refractivity contribution in [2.24, 2.45) is 0 Å². The van der Waals surface area contributed by atoms with Gasteiger partial charge in [-0.05, 0) is 18.4 Å². The van der Waals surface area contributed by atoms with E-state index in [2.05, 4.69) is 14.9 Å². The highest BCUT2D eigenvalue weighted by Crippen LogP contribution is 2.34. The number of nitrogens with zero attached hydrogens (tertiary/aromatic N) is 4. The van der Waals surface area contributed by atoms with E-state index < -0.39 is 5.97 Å². The van der Waals surface area contributed by atoms with Crippen molar-refractivity contribution in [1.29, 1.82) is 0 Å². The molecule has 0 saturated carbocycles. The van der Waals surface area contributed by atoms with Crippen molar-refractivity contribution in [3.63, 3.8) is 0 Å².